The second kappa shape index (κ2) is 7.37. The second-order valence-corrected chi connectivity index (χ2v) is 6.80. The molecule has 134 valence electrons. The molecule has 6 heteroatoms. The molecular formula is C19H25N3O3. The standard InChI is InChI=1S/C19H25N3O3/c1-13-4-5-14(2)18(8-13)25-12-16(23)11-22-7-6-17-15(10-22)9-19(24)21(3)20-17/h4-5,8-9,16,23H,6-7,10-12H2,1-3H3. The van der Waals surface area contributed by atoms with Gasteiger partial charge < -0.3 is 9.84 Å². The summed E-state index contributed by atoms with van der Waals surface area (Å²) < 4.78 is 7.16. The summed E-state index contributed by atoms with van der Waals surface area (Å²) >= 11 is 0. The van der Waals surface area contributed by atoms with Crippen molar-refractivity contribution >= 4 is 0 Å². The zero-order valence-corrected chi connectivity index (χ0v) is 15.0. The molecule has 1 unspecified atom stereocenters. The van der Waals surface area contributed by atoms with Gasteiger partial charge in [-0.3, -0.25) is 9.69 Å². The van der Waals surface area contributed by atoms with Gasteiger partial charge in [-0.15, -0.1) is 0 Å². The SMILES string of the molecule is Cc1ccc(C)c(OCC(O)CN2CCc3nn(C)c(=O)cc3C2)c1. The first-order chi connectivity index (χ1) is 11.9. The van der Waals surface area contributed by atoms with Crippen molar-refractivity contribution in [1.82, 2.24) is 14.7 Å². The number of rotatable bonds is 5. The predicted molar refractivity (Wildman–Crippen MR) is 95.9 cm³/mol. The fraction of sp³-hybridized carbons (Fsp3) is 0.474. The number of aliphatic hydroxyl groups excluding tert-OH is 1. The maximum atomic E-state index is 11.8. The van der Waals surface area contributed by atoms with Crippen LogP contribution in [-0.4, -0.2) is 45.6 Å². The molecule has 6 nitrogen and oxygen atoms in total. The van der Waals surface area contributed by atoms with E-state index in [4.69, 9.17) is 4.74 Å². The van der Waals surface area contributed by atoms with Crippen LogP contribution >= 0.6 is 0 Å². The maximum Gasteiger partial charge on any atom is 0.266 e. The van der Waals surface area contributed by atoms with Crippen LogP contribution in [0.25, 0.3) is 0 Å². The van der Waals surface area contributed by atoms with Crippen molar-refractivity contribution < 1.29 is 9.84 Å². The first-order valence-corrected chi connectivity index (χ1v) is 8.59. The minimum absolute atomic E-state index is 0.0978. The van der Waals surface area contributed by atoms with E-state index in [0.29, 0.717) is 13.1 Å². The van der Waals surface area contributed by atoms with E-state index >= 15 is 0 Å². The quantitative estimate of drug-likeness (QED) is 0.883. The van der Waals surface area contributed by atoms with Crippen molar-refractivity contribution in [3.8, 4) is 5.75 Å². The number of nitrogens with zero attached hydrogens (tertiary/aromatic N) is 3. The van der Waals surface area contributed by atoms with Crippen molar-refractivity contribution in [2.75, 3.05) is 19.7 Å². The molecule has 1 aliphatic rings. The Morgan fingerprint density at radius 1 is 1.32 bits per heavy atom. The monoisotopic (exact) mass is 343 g/mol. The highest BCUT2D eigenvalue weighted by molar-refractivity contribution is 5.36. The molecule has 1 aliphatic heterocycles. The third-order valence-electron chi connectivity index (χ3n) is 4.56. The van der Waals surface area contributed by atoms with Crippen LogP contribution in [0.4, 0.5) is 0 Å². The fourth-order valence-corrected chi connectivity index (χ4v) is 3.11. The normalized spacial score (nSPS) is 15.7. The summed E-state index contributed by atoms with van der Waals surface area (Å²) in [7, 11) is 1.67. The molecule has 1 N–H and O–H groups in total. The molecule has 3 rings (SSSR count). The third kappa shape index (κ3) is 4.27. The van der Waals surface area contributed by atoms with E-state index in [0.717, 1.165) is 41.1 Å². The number of fused-ring (bicyclic) bond motifs is 1. The molecule has 2 aromatic rings. The lowest BCUT2D eigenvalue weighted by Crippen LogP contribution is -2.40. The Labute approximate surface area is 147 Å². The number of benzene rings is 1. The summed E-state index contributed by atoms with van der Waals surface area (Å²) in [6, 6.07) is 7.70. The number of β-amino-alcohol motifs (C(OH)–C–C–N with tert-alkyl or cyclic N) is 1. The van der Waals surface area contributed by atoms with Gasteiger partial charge in [0.15, 0.2) is 0 Å². The van der Waals surface area contributed by atoms with Crippen LogP contribution in [0.15, 0.2) is 29.1 Å². The van der Waals surface area contributed by atoms with Gasteiger partial charge in [0, 0.05) is 39.2 Å². The molecule has 0 fully saturated rings. The zero-order valence-electron chi connectivity index (χ0n) is 15.0. The average molecular weight is 343 g/mol. The summed E-state index contributed by atoms with van der Waals surface area (Å²) in [6.07, 6.45) is 0.203. The van der Waals surface area contributed by atoms with Gasteiger partial charge in [-0.05, 0) is 36.6 Å². The van der Waals surface area contributed by atoms with Crippen molar-refractivity contribution in [3.05, 3.63) is 57.0 Å². The minimum Gasteiger partial charge on any atom is -0.491 e. The molecule has 1 atom stereocenters. The van der Waals surface area contributed by atoms with Crippen LogP contribution in [0, 0.1) is 13.8 Å². The Morgan fingerprint density at radius 2 is 2.12 bits per heavy atom. The van der Waals surface area contributed by atoms with Gasteiger partial charge in [-0.25, -0.2) is 4.68 Å². The van der Waals surface area contributed by atoms with Crippen LogP contribution < -0.4 is 10.3 Å². The van der Waals surface area contributed by atoms with Gasteiger partial charge in [0.05, 0.1) is 5.69 Å². The molecular weight excluding hydrogens is 318 g/mol. The van der Waals surface area contributed by atoms with Crippen LogP contribution in [-0.2, 0) is 20.0 Å². The topological polar surface area (TPSA) is 67.6 Å². The van der Waals surface area contributed by atoms with E-state index in [1.165, 1.54) is 4.68 Å². The lowest BCUT2D eigenvalue weighted by atomic mass is 10.1. The largest absolute Gasteiger partial charge is 0.491 e. The number of aryl methyl sites for hydroxylation is 3. The second-order valence-electron chi connectivity index (χ2n) is 6.80. The predicted octanol–water partition coefficient (Wildman–Crippen LogP) is 1.20. The van der Waals surface area contributed by atoms with E-state index < -0.39 is 6.10 Å². The van der Waals surface area contributed by atoms with E-state index in [9.17, 15) is 9.90 Å². The molecule has 0 radical (unpaired) electrons. The Kier molecular flexibility index (Phi) is 5.20. The first-order valence-electron chi connectivity index (χ1n) is 8.59. The highest BCUT2D eigenvalue weighted by Crippen LogP contribution is 2.20. The smallest absolute Gasteiger partial charge is 0.266 e. The Bertz CT molecular complexity index is 816. The molecule has 0 spiro atoms. The fourth-order valence-electron chi connectivity index (χ4n) is 3.11. The van der Waals surface area contributed by atoms with Crippen molar-refractivity contribution in [2.45, 2.75) is 32.9 Å². The maximum absolute atomic E-state index is 11.8. The van der Waals surface area contributed by atoms with Crippen LogP contribution in [0.5, 0.6) is 5.75 Å². The molecule has 0 saturated heterocycles. The molecule has 0 amide bonds. The van der Waals surface area contributed by atoms with Gasteiger partial charge in [-0.1, -0.05) is 12.1 Å². The summed E-state index contributed by atoms with van der Waals surface area (Å²) in [5.41, 5.74) is 4.03. The molecule has 1 aromatic carbocycles. The van der Waals surface area contributed by atoms with Gasteiger partial charge in [0.2, 0.25) is 0 Å². The number of aromatic nitrogens is 2. The number of ether oxygens (including phenoxy) is 1. The van der Waals surface area contributed by atoms with Crippen LogP contribution in [0.1, 0.15) is 22.4 Å². The first kappa shape index (κ1) is 17.6. The molecule has 1 aromatic heterocycles. The molecule has 0 saturated carbocycles. The van der Waals surface area contributed by atoms with Crippen molar-refractivity contribution in [3.63, 3.8) is 0 Å². The summed E-state index contributed by atoms with van der Waals surface area (Å²) in [5, 5.41) is 14.6. The van der Waals surface area contributed by atoms with E-state index in [1.807, 2.05) is 32.0 Å². The van der Waals surface area contributed by atoms with E-state index in [2.05, 4.69) is 10.00 Å². The number of hydrogen-bond acceptors (Lipinski definition) is 5. The zero-order chi connectivity index (χ0) is 18.0. The molecule has 2 heterocycles. The summed E-state index contributed by atoms with van der Waals surface area (Å²) in [4.78, 5) is 13.9. The average Bonchev–Trinajstić information content (AvgIpc) is 2.57. The van der Waals surface area contributed by atoms with Crippen LogP contribution in [0.2, 0.25) is 0 Å². The summed E-state index contributed by atoms with van der Waals surface area (Å²) in [5.74, 6) is 0.815. The lowest BCUT2D eigenvalue weighted by molar-refractivity contribution is 0.0631. The Balaban J connectivity index is 1.56. The molecule has 25 heavy (non-hydrogen) atoms. The number of aliphatic hydroxyl groups is 1. The Hall–Kier alpha value is -2.18. The van der Waals surface area contributed by atoms with Crippen molar-refractivity contribution in [2.24, 2.45) is 7.05 Å². The number of hydrogen-bond donors (Lipinski definition) is 1. The highest BCUT2D eigenvalue weighted by atomic mass is 16.5. The van der Waals surface area contributed by atoms with Gasteiger partial charge >= 0.3 is 0 Å². The highest BCUT2D eigenvalue weighted by Gasteiger charge is 2.21. The third-order valence-corrected chi connectivity index (χ3v) is 4.56. The molecule has 0 aliphatic carbocycles. The van der Waals surface area contributed by atoms with Crippen LogP contribution in [0.3, 0.4) is 0 Å². The van der Waals surface area contributed by atoms with Gasteiger partial charge in [0.1, 0.15) is 18.5 Å². The summed E-state index contributed by atoms with van der Waals surface area (Å²) in [6.45, 7) is 6.24. The van der Waals surface area contributed by atoms with Gasteiger partial charge in [-0.2, -0.15) is 5.10 Å². The van der Waals surface area contributed by atoms with Gasteiger partial charge in [0.25, 0.3) is 5.56 Å². The minimum atomic E-state index is -0.582. The van der Waals surface area contributed by atoms with E-state index in [1.54, 1.807) is 13.1 Å². The van der Waals surface area contributed by atoms with E-state index in [-0.39, 0.29) is 12.2 Å². The van der Waals surface area contributed by atoms with Crippen molar-refractivity contribution in [1.29, 1.82) is 0 Å². The Morgan fingerprint density at radius 3 is 2.92 bits per heavy atom. The lowest BCUT2D eigenvalue weighted by Gasteiger charge is -2.29. The molecule has 0 bridgehead atoms.